The molecule has 1 aliphatic rings. The van der Waals surface area contributed by atoms with Crippen LogP contribution in [0.15, 0.2) is 42.5 Å². The first-order chi connectivity index (χ1) is 15.9. The van der Waals surface area contributed by atoms with Crippen molar-refractivity contribution in [3.63, 3.8) is 0 Å². The van der Waals surface area contributed by atoms with E-state index in [1.54, 1.807) is 0 Å². The molecule has 0 aromatic heterocycles. The van der Waals surface area contributed by atoms with Crippen molar-refractivity contribution in [3.8, 4) is 5.75 Å². The van der Waals surface area contributed by atoms with E-state index in [2.05, 4.69) is 0 Å². The Hall–Kier alpha value is -3.50. The lowest BCUT2D eigenvalue weighted by atomic mass is 9.97. The number of aliphatic carboxylic acids is 1. The van der Waals surface area contributed by atoms with Crippen molar-refractivity contribution in [2.75, 3.05) is 18.1 Å². The minimum Gasteiger partial charge on any atom is -0.491 e. The van der Waals surface area contributed by atoms with Gasteiger partial charge in [-0.1, -0.05) is 0 Å². The molecular weight excluding hydrogens is 468 g/mol. The number of anilines is 1. The van der Waals surface area contributed by atoms with Gasteiger partial charge < -0.3 is 14.7 Å². The summed E-state index contributed by atoms with van der Waals surface area (Å²) < 4.78 is 89.1. The van der Waals surface area contributed by atoms with Gasteiger partial charge in [0.2, 0.25) is 0 Å². The maximum absolute atomic E-state index is 14.8. The van der Waals surface area contributed by atoms with Gasteiger partial charge in [-0.3, -0.25) is 4.79 Å². The number of alkyl halides is 5. The number of halogens is 6. The largest absolute Gasteiger partial charge is 0.491 e. The number of carboxylic acid groups (broad SMARTS) is 1. The fraction of sp³-hybridized carbons (Fsp3) is 0.304. The summed E-state index contributed by atoms with van der Waals surface area (Å²) in [6.45, 7) is 0.130. The van der Waals surface area contributed by atoms with Crippen LogP contribution < -0.4 is 9.64 Å². The number of ether oxygens (including phenoxy) is 1. The summed E-state index contributed by atoms with van der Waals surface area (Å²) in [5, 5.41) is 9.04. The molecule has 0 unspecified atom stereocenters. The summed E-state index contributed by atoms with van der Waals surface area (Å²) in [5.41, 5.74) is -3.12. The molecule has 0 saturated carbocycles. The number of rotatable bonds is 6. The number of hydrogen-bond donors (Lipinski definition) is 1. The second kappa shape index (κ2) is 9.78. The summed E-state index contributed by atoms with van der Waals surface area (Å²) in [6.07, 6.45) is -5.34. The van der Waals surface area contributed by atoms with Gasteiger partial charge in [-0.15, -0.1) is 0 Å². The minimum atomic E-state index is -3.75. The Labute approximate surface area is 190 Å². The molecule has 2 aromatic rings. The molecule has 0 spiro atoms. The van der Waals surface area contributed by atoms with Crippen molar-refractivity contribution in [1.82, 2.24) is 0 Å². The zero-order valence-electron chi connectivity index (χ0n) is 17.7. The Morgan fingerprint density at radius 1 is 1.18 bits per heavy atom. The molecule has 11 heteroatoms. The van der Waals surface area contributed by atoms with Crippen LogP contribution in [0.3, 0.4) is 0 Å². The quantitative estimate of drug-likeness (QED) is 0.422. The summed E-state index contributed by atoms with van der Waals surface area (Å²) >= 11 is 0. The van der Waals surface area contributed by atoms with Crippen LogP contribution in [0.2, 0.25) is 0 Å². The van der Waals surface area contributed by atoms with Gasteiger partial charge >= 0.3 is 5.97 Å². The average molecular weight is 487 g/mol. The van der Waals surface area contributed by atoms with E-state index in [4.69, 9.17) is 9.84 Å². The summed E-state index contributed by atoms with van der Waals surface area (Å²) in [5.74, 6) is -7.61. The van der Waals surface area contributed by atoms with Gasteiger partial charge in [0.25, 0.3) is 18.3 Å². The highest BCUT2D eigenvalue weighted by molar-refractivity contribution is 6.09. The number of carbonyl (C=O) groups is 2. The second-order valence-electron chi connectivity index (χ2n) is 7.61. The fourth-order valence-electron chi connectivity index (χ4n) is 3.54. The van der Waals surface area contributed by atoms with E-state index in [9.17, 15) is 35.9 Å². The molecule has 1 heterocycles. The number of allylic oxidation sites excluding steroid dienone is 1. The Kier molecular flexibility index (Phi) is 7.23. The third kappa shape index (κ3) is 5.35. The zero-order valence-corrected chi connectivity index (χ0v) is 17.7. The number of benzene rings is 2. The molecule has 1 amide bonds. The van der Waals surface area contributed by atoms with Crippen LogP contribution >= 0.6 is 0 Å². The van der Waals surface area contributed by atoms with Gasteiger partial charge in [0.15, 0.2) is 0 Å². The lowest BCUT2D eigenvalue weighted by molar-refractivity contribution is -0.131. The van der Waals surface area contributed by atoms with Crippen LogP contribution in [0.5, 0.6) is 5.75 Å². The van der Waals surface area contributed by atoms with E-state index in [0.29, 0.717) is 6.07 Å². The van der Waals surface area contributed by atoms with Crippen LogP contribution in [0.4, 0.5) is 32.0 Å². The zero-order chi connectivity index (χ0) is 25.2. The summed E-state index contributed by atoms with van der Waals surface area (Å²) in [6, 6.07) is 5.56. The van der Waals surface area contributed by atoms with Crippen molar-refractivity contribution in [2.24, 2.45) is 0 Å². The lowest BCUT2D eigenvalue weighted by Gasteiger charge is -2.24. The van der Waals surface area contributed by atoms with Crippen LogP contribution in [0.1, 0.15) is 41.3 Å². The third-order valence-electron chi connectivity index (χ3n) is 5.06. The van der Waals surface area contributed by atoms with Crippen molar-refractivity contribution >= 4 is 23.1 Å². The number of amides is 1. The van der Waals surface area contributed by atoms with Crippen molar-refractivity contribution in [3.05, 3.63) is 65.0 Å². The first-order valence-corrected chi connectivity index (χ1v) is 10.0. The van der Waals surface area contributed by atoms with Gasteiger partial charge in [0.1, 0.15) is 24.3 Å². The molecule has 0 saturated heterocycles. The van der Waals surface area contributed by atoms with Gasteiger partial charge in [0, 0.05) is 41.3 Å². The van der Waals surface area contributed by atoms with E-state index in [1.165, 1.54) is 6.92 Å². The Morgan fingerprint density at radius 2 is 1.88 bits per heavy atom. The molecule has 182 valence electrons. The standard InChI is InChI=1S/C23H19F6NO4/c1-12(24)11-34-14-3-4-15(16(9-14)21(26)27)22(33)30-7-6-23(28,29)18(10-20(31)32)17-8-13(25)2-5-19(17)30/h2-5,8-10,12,21H,6-7,11H2,1H3,(H,31,32)/b18-10-/t12-/m1/s1. The molecule has 5 nitrogen and oxygen atoms in total. The molecule has 1 atom stereocenters. The van der Waals surface area contributed by atoms with Gasteiger partial charge in [-0.05, 0) is 43.3 Å². The van der Waals surface area contributed by atoms with Crippen LogP contribution in [-0.4, -0.2) is 42.2 Å². The average Bonchev–Trinajstić information content (AvgIpc) is 2.85. The van der Waals surface area contributed by atoms with E-state index >= 15 is 0 Å². The molecule has 2 aromatic carbocycles. The molecule has 0 bridgehead atoms. The van der Waals surface area contributed by atoms with Crippen LogP contribution in [-0.2, 0) is 4.79 Å². The second-order valence-corrected chi connectivity index (χ2v) is 7.61. The maximum Gasteiger partial charge on any atom is 0.328 e. The monoisotopic (exact) mass is 487 g/mol. The molecular formula is C23H19F6NO4. The van der Waals surface area contributed by atoms with Crippen LogP contribution in [0, 0.1) is 5.82 Å². The number of hydrogen-bond acceptors (Lipinski definition) is 3. The van der Waals surface area contributed by atoms with Gasteiger partial charge in [-0.25, -0.2) is 31.1 Å². The molecule has 0 radical (unpaired) electrons. The third-order valence-corrected chi connectivity index (χ3v) is 5.06. The number of fused-ring (bicyclic) bond motifs is 1. The molecule has 3 rings (SSSR count). The highest BCUT2D eigenvalue weighted by atomic mass is 19.3. The maximum atomic E-state index is 14.8. The molecule has 1 aliphatic heterocycles. The number of nitrogens with zero attached hydrogens (tertiary/aromatic N) is 1. The van der Waals surface area contributed by atoms with Crippen molar-refractivity contribution in [1.29, 1.82) is 0 Å². The van der Waals surface area contributed by atoms with Crippen LogP contribution in [0.25, 0.3) is 5.57 Å². The Balaban J connectivity index is 2.11. The summed E-state index contributed by atoms with van der Waals surface area (Å²) in [7, 11) is 0. The lowest BCUT2D eigenvalue weighted by Crippen LogP contribution is -2.34. The van der Waals surface area contributed by atoms with E-state index in [-0.39, 0.29) is 17.5 Å². The minimum absolute atomic E-state index is 0.118. The first kappa shape index (κ1) is 25.1. The van der Waals surface area contributed by atoms with E-state index in [0.717, 1.165) is 35.2 Å². The Morgan fingerprint density at radius 3 is 2.50 bits per heavy atom. The van der Waals surface area contributed by atoms with Gasteiger partial charge in [0.05, 0.1) is 5.69 Å². The molecule has 34 heavy (non-hydrogen) atoms. The van der Waals surface area contributed by atoms with E-state index in [1.807, 2.05) is 0 Å². The SMILES string of the molecule is C[C@@H](F)COc1ccc(C(=O)N2CCC(F)(F)/C(=C\C(=O)O)c3cc(F)ccc32)c(C(F)F)c1. The number of carboxylic acids is 1. The van der Waals surface area contributed by atoms with Crippen molar-refractivity contribution < 1.29 is 45.8 Å². The predicted octanol–water partition coefficient (Wildman–Crippen LogP) is 5.65. The fourth-order valence-corrected chi connectivity index (χ4v) is 3.54. The predicted molar refractivity (Wildman–Crippen MR) is 111 cm³/mol. The molecule has 0 fully saturated rings. The highest BCUT2D eigenvalue weighted by Crippen LogP contribution is 2.44. The first-order valence-electron chi connectivity index (χ1n) is 10.0. The molecule has 0 aliphatic carbocycles. The highest BCUT2D eigenvalue weighted by Gasteiger charge is 2.42. The molecule has 1 N–H and O–H groups in total. The van der Waals surface area contributed by atoms with Crippen molar-refractivity contribution in [2.45, 2.75) is 31.9 Å². The smallest absolute Gasteiger partial charge is 0.328 e. The topological polar surface area (TPSA) is 66.8 Å². The Bertz CT molecular complexity index is 1130. The van der Waals surface area contributed by atoms with Gasteiger partial charge in [-0.2, -0.15) is 0 Å². The van der Waals surface area contributed by atoms with E-state index < -0.39 is 78.0 Å². The number of carbonyl (C=O) groups excluding carboxylic acids is 1. The summed E-state index contributed by atoms with van der Waals surface area (Å²) in [4.78, 5) is 25.2. The normalized spacial score (nSPS) is 17.3.